The van der Waals surface area contributed by atoms with E-state index < -0.39 is 11.6 Å². The molecule has 4 heteroatoms. The van der Waals surface area contributed by atoms with Gasteiger partial charge in [0.15, 0.2) is 0 Å². The fourth-order valence-electron chi connectivity index (χ4n) is 2.55. The first-order chi connectivity index (χ1) is 9.93. The summed E-state index contributed by atoms with van der Waals surface area (Å²) in [6, 6.07) is 7.93. The second kappa shape index (κ2) is 6.54. The van der Waals surface area contributed by atoms with E-state index >= 15 is 0 Å². The van der Waals surface area contributed by atoms with E-state index in [0.717, 1.165) is 22.8 Å². The first-order valence-corrected chi connectivity index (χ1v) is 7.18. The highest BCUT2D eigenvalue weighted by molar-refractivity contribution is 6.30. The van der Waals surface area contributed by atoms with Crippen molar-refractivity contribution < 1.29 is 8.78 Å². The van der Waals surface area contributed by atoms with Crippen LogP contribution in [0.1, 0.15) is 28.3 Å². The molecule has 1 atom stereocenters. The van der Waals surface area contributed by atoms with E-state index in [2.05, 4.69) is 5.32 Å². The third-order valence-corrected chi connectivity index (χ3v) is 4.11. The molecule has 0 aliphatic rings. The smallest absolute Gasteiger partial charge is 0.142 e. The van der Waals surface area contributed by atoms with Crippen molar-refractivity contribution in [2.45, 2.75) is 26.3 Å². The molecule has 2 aromatic rings. The number of benzene rings is 2. The van der Waals surface area contributed by atoms with Crippen molar-refractivity contribution in [3.05, 3.63) is 69.2 Å². The van der Waals surface area contributed by atoms with Crippen LogP contribution in [-0.2, 0) is 6.42 Å². The molecule has 1 nitrogen and oxygen atoms in total. The molecule has 2 rings (SSSR count). The van der Waals surface area contributed by atoms with Crippen LogP contribution < -0.4 is 5.32 Å². The molecule has 0 radical (unpaired) electrons. The Hall–Kier alpha value is -1.45. The lowest BCUT2D eigenvalue weighted by Crippen LogP contribution is -2.21. The van der Waals surface area contributed by atoms with Crippen LogP contribution in [0.5, 0.6) is 0 Å². The van der Waals surface area contributed by atoms with Gasteiger partial charge in [0, 0.05) is 11.6 Å². The molecule has 0 heterocycles. The maximum absolute atomic E-state index is 14.1. The molecule has 0 aliphatic carbocycles. The highest BCUT2D eigenvalue weighted by atomic mass is 35.5. The SMILES string of the molecule is CNC(Cc1c(C)cccc1C)c1cc(F)c(Cl)cc1F. The predicted octanol–water partition coefficient (Wildman–Crippen LogP) is 4.74. The topological polar surface area (TPSA) is 12.0 Å². The number of aryl methyl sites for hydroxylation is 2. The second-order valence-electron chi connectivity index (χ2n) is 5.20. The summed E-state index contributed by atoms with van der Waals surface area (Å²) in [7, 11) is 1.74. The molecule has 0 spiro atoms. The lowest BCUT2D eigenvalue weighted by Gasteiger charge is -2.20. The molecule has 112 valence electrons. The van der Waals surface area contributed by atoms with E-state index in [1.165, 1.54) is 6.07 Å². The summed E-state index contributed by atoms with van der Waals surface area (Å²) in [5.74, 6) is -1.10. The fourth-order valence-corrected chi connectivity index (χ4v) is 2.70. The Morgan fingerprint density at radius 3 is 2.29 bits per heavy atom. The van der Waals surface area contributed by atoms with Crippen molar-refractivity contribution in [3.8, 4) is 0 Å². The zero-order valence-corrected chi connectivity index (χ0v) is 13.1. The Balaban J connectivity index is 2.39. The van der Waals surface area contributed by atoms with Crippen LogP contribution in [0, 0.1) is 25.5 Å². The number of rotatable bonds is 4. The van der Waals surface area contributed by atoms with Crippen molar-refractivity contribution in [3.63, 3.8) is 0 Å². The van der Waals surface area contributed by atoms with Gasteiger partial charge < -0.3 is 5.32 Å². The quantitative estimate of drug-likeness (QED) is 0.805. The largest absolute Gasteiger partial charge is 0.313 e. The highest BCUT2D eigenvalue weighted by Crippen LogP contribution is 2.27. The highest BCUT2D eigenvalue weighted by Gasteiger charge is 2.19. The van der Waals surface area contributed by atoms with Gasteiger partial charge in [-0.15, -0.1) is 0 Å². The summed E-state index contributed by atoms with van der Waals surface area (Å²) < 4.78 is 27.7. The number of hydrogen-bond donors (Lipinski definition) is 1. The summed E-state index contributed by atoms with van der Waals surface area (Å²) in [4.78, 5) is 0. The van der Waals surface area contributed by atoms with Gasteiger partial charge in [-0.3, -0.25) is 0 Å². The summed E-state index contributed by atoms with van der Waals surface area (Å²) in [5.41, 5.74) is 3.73. The average Bonchev–Trinajstić information content (AvgIpc) is 2.43. The molecule has 0 saturated heterocycles. The van der Waals surface area contributed by atoms with Gasteiger partial charge in [-0.2, -0.15) is 0 Å². The van der Waals surface area contributed by atoms with Crippen LogP contribution in [0.2, 0.25) is 5.02 Å². The Labute approximate surface area is 128 Å². The van der Waals surface area contributed by atoms with Gasteiger partial charge in [0.1, 0.15) is 11.6 Å². The number of likely N-dealkylation sites (N-methyl/N-ethyl adjacent to an activating group) is 1. The number of hydrogen-bond acceptors (Lipinski definition) is 1. The van der Waals surface area contributed by atoms with E-state index in [-0.39, 0.29) is 11.1 Å². The van der Waals surface area contributed by atoms with E-state index in [0.29, 0.717) is 12.0 Å². The third kappa shape index (κ3) is 3.42. The Morgan fingerprint density at radius 2 is 1.71 bits per heavy atom. The van der Waals surface area contributed by atoms with E-state index in [9.17, 15) is 8.78 Å². The second-order valence-corrected chi connectivity index (χ2v) is 5.61. The van der Waals surface area contributed by atoms with E-state index in [1.807, 2.05) is 32.0 Å². The average molecular weight is 310 g/mol. The van der Waals surface area contributed by atoms with Crippen LogP contribution >= 0.6 is 11.6 Å². The van der Waals surface area contributed by atoms with Crippen molar-refractivity contribution >= 4 is 11.6 Å². The third-order valence-electron chi connectivity index (χ3n) is 3.82. The number of halogens is 3. The van der Waals surface area contributed by atoms with E-state index in [1.54, 1.807) is 7.05 Å². The van der Waals surface area contributed by atoms with Gasteiger partial charge in [0.05, 0.1) is 5.02 Å². The molecular formula is C17H18ClF2N. The summed E-state index contributed by atoms with van der Waals surface area (Å²) in [6.07, 6.45) is 0.590. The Kier molecular flexibility index (Phi) is 4.96. The zero-order chi connectivity index (χ0) is 15.6. The van der Waals surface area contributed by atoms with Gasteiger partial charge >= 0.3 is 0 Å². The molecule has 1 N–H and O–H groups in total. The first kappa shape index (κ1) is 15.9. The minimum absolute atomic E-state index is 0.196. The zero-order valence-electron chi connectivity index (χ0n) is 12.3. The molecule has 1 unspecified atom stereocenters. The summed E-state index contributed by atoms with van der Waals surface area (Å²) in [6.45, 7) is 4.04. The summed E-state index contributed by atoms with van der Waals surface area (Å²) >= 11 is 5.61. The van der Waals surface area contributed by atoms with Gasteiger partial charge in [-0.1, -0.05) is 29.8 Å². The molecular weight excluding hydrogens is 292 g/mol. The molecule has 0 saturated carbocycles. The normalized spacial score (nSPS) is 12.5. The standard InChI is InChI=1S/C17H18ClF2N/c1-10-5-4-6-11(2)12(10)8-17(21-3)13-7-16(20)14(18)9-15(13)19/h4-7,9,17,21H,8H2,1-3H3. The van der Waals surface area contributed by atoms with Crippen LogP contribution in [0.15, 0.2) is 30.3 Å². The lowest BCUT2D eigenvalue weighted by molar-refractivity contribution is 0.522. The number of nitrogens with one attached hydrogen (secondary N) is 1. The molecule has 0 fully saturated rings. The van der Waals surface area contributed by atoms with Crippen LogP contribution in [0.25, 0.3) is 0 Å². The Morgan fingerprint density at radius 1 is 1.10 bits per heavy atom. The Bertz CT molecular complexity index is 635. The van der Waals surface area contributed by atoms with Gasteiger partial charge in [0.2, 0.25) is 0 Å². The summed E-state index contributed by atoms with van der Waals surface area (Å²) in [5, 5.41) is 2.86. The van der Waals surface area contributed by atoms with Gasteiger partial charge in [-0.25, -0.2) is 8.78 Å². The van der Waals surface area contributed by atoms with Gasteiger partial charge in [0.25, 0.3) is 0 Å². The predicted molar refractivity (Wildman–Crippen MR) is 82.8 cm³/mol. The van der Waals surface area contributed by atoms with Gasteiger partial charge in [-0.05, 0) is 56.1 Å². The fraction of sp³-hybridized carbons (Fsp3) is 0.294. The molecule has 0 aliphatic heterocycles. The monoisotopic (exact) mass is 309 g/mol. The van der Waals surface area contributed by atoms with Crippen molar-refractivity contribution in [1.29, 1.82) is 0 Å². The minimum Gasteiger partial charge on any atom is -0.313 e. The van der Waals surface area contributed by atoms with Crippen molar-refractivity contribution in [1.82, 2.24) is 5.32 Å². The van der Waals surface area contributed by atoms with Crippen LogP contribution in [-0.4, -0.2) is 7.05 Å². The molecule has 0 bridgehead atoms. The van der Waals surface area contributed by atoms with E-state index in [4.69, 9.17) is 11.6 Å². The molecule has 21 heavy (non-hydrogen) atoms. The van der Waals surface area contributed by atoms with Crippen LogP contribution in [0.3, 0.4) is 0 Å². The molecule has 0 aromatic heterocycles. The van der Waals surface area contributed by atoms with Crippen molar-refractivity contribution in [2.75, 3.05) is 7.05 Å². The molecule has 2 aromatic carbocycles. The maximum Gasteiger partial charge on any atom is 0.142 e. The van der Waals surface area contributed by atoms with Crippen molar-refractivity contribution in [2.24, 2.45) is 0 Å². The lowest BCUT2D eigenvalue weighted by atomic mass is 9.93. The minimum atomic E-state index is -0.602. The molecule has 0 amide bonds. The van der Waals surface area contributed by atoms with Crippen LogP contribution in [0.4, 0.5) is 8.78 Å². The maximum atomic E-state index is 14.1. The first-order valence-electron chi connectivity index (χ1n) is 6.80.